The molecule has 15 heavy (non-hydrogen) atoms. The summed E-state index contributed by atoms with van der Waals surface area (Å²) < 4.78 is 2.49. The summed E-state index contributed by atoms with van der Waals surface area (Å²) in [6.07, 6.45) is 1.85. The number of rotatable bonds is 2. The van der Waals surface area contributed by atoms with Crippen LogP contribution in [-0.4, -0.2) is 15.2 Å². The fourth-order valence-electron chi connectivity index (χ4n) is 1.31. The molecule has 0 aliphatic heterocycles. The summed E-state index contributed by atoms with van der Waals surface area (Å²) in [6.45, 7) is 5.30. The number of fused-ring (bicyclic) bond motifs is 1. The molecule has 76 valence electrons. The molecule has 4 heteroatoms. The first-order valence-corrected chi connectivity index (χ1v) is 5.23. The maximum atomic E-state index is 11.7. The molecule has 0 saturated heterocycles. The van der Waals surface area contributed by atoms with E-state index in [1.165, 1.54) is 0 Å². The van der Waals surface area contributed by atoms with Crippen LogP contribution in [0, 0.1) is 0 Å². The molecule has 3 nitrogen and oxygen atoms in total. The molecule has 2 aromatic rings. The van der Waals surface area contributed by atoms with Gasteiger partial charge in [-0.15, -0.1) is 0 Å². The van der Waals surface area contributed by atoms with Crippen molar-refractivity contribution in [3.8, 4) is 0 Å². The number of Topliss-reactive ketones (excluding diaryl/α,β-unsaturated/α-hetero) is 1. The Kier molecular flexibility index (Phi) is 2.44. The molecule has 0 spiro atoms. The van der Waals surface area contributed by atoms with Crippen LogP contribution in [0.4, 0.5) is 0 Å². The van der Waals surface area contributed by atoms with Crippen molar-refractivity contribution in [2.45, 2.75) is 6.92 Å². The number of carbonyl (C=O) groups excluding carboxylic acids is 1. The number of halogens is 1. The van der Waals surface area contributed by atoms with Gasteiger partial charge in [-0.05, 0) is 40.6 Å². The number of aromatic nitrogens is 2. The van der Waals surface area contributed by atoms with Gasteiger partial charge in [-0.1, -0.05) is 12.6 Å². The zero-order valence-corrected chi connectivity index (χ0v) is 9.78. The number of allylic oxidation sites excluding steroid dienone is 1. The minimum absolute atomic E-state index is 0.134. The van der Waals surface area contributed by atoms with Crippen molar-refractivity contribution in [3.05, 3.63) is 46.8 Å². The lowest BCUT2D eigenvalue weighted by Crippen LogP contribution is -2.00. The average molecular weight is 265 g/mol. The molecule has 0 unspecified atom stereocenters. The van der Waals surface area contributed by atoms with E-state index in [9.17, 15) is 4.79 Å². The van der Waals surface area contributed by atoms with Crippen molar-refractivity contribution in [2.24, 2.45) is 0 Å². The predicted molar refractivity (Wildman–Crippen MR) is 62.0 cm³/mol. The van der Waals surface area contributed by atoms with Crippen LogP contribution in [0.2, 0.25) is 0 Å². The Labute approximate surface area is 95.6 Å². The molecule has 2 rings (SSSR count). The lowest BCUT2D eigenvalue weighted by molar-refractivity contribution is 0.103. The van der Waals surface area contributed by atoms with E-state index in [0.717, 1.165) is 5.65 Å². The minimum atomic E-state index is -0.134. The lowest BCUT2D eigenvalue weighted by atomic mass is 10.2. The average Bonchev–Trinajstić information content (AvgIpc) is 2.56. The van der Waals surface area contributed by atoms with E-state index in [1.807, 2.05) is 28.8 Å². The largest absolute Gasteiger partial charge is 0.294 e. The van der Waals surface area contributed by atoms with Crippen molar-refractivity contribution in [3.63, 3.8) is 0 Å². The molecule has 0 amide bonds. The van der Waals surface area contributed by atoms with E-state index in [0.29, 0.717) is 15.9 Å². The Balaban J connectivity index is 2.68. The fraction of sp³-hybridized carbons (Fsp3) is 0.0909. The predicted octanol–water partition coefficient (Wildman–Crippen LogP) is 2.86. The van der Waals surface area contributed by atoms with E-state index in [1.54, 1.807) is 6.92 Å². The van der Waals surface area contributed by atoms with Gasteiger partial charge in [0.05, 0.1) is 0 Å². The molecule has 0 aliphatic rings. The van der Waals surface area contributed by atoms with Crippen LogP contribution in [0.3, 0.4) is 0 Å². The first kappa shape index (κ1) is 10.1. The SMILES string of the molecule is C=C(C)C(=O)c1nc2ccccn2c1Br. The van der Waals surface area contributed by atoms with Crippen LogP contribution in [-0.2, 0) is 0 Å². The summed E-state index contributed by atoms with van der Waals surface area (Å²) in [5.41, 5.74) is 1.64. The Morgan fingerprint density at radius 3 is 2.87 bits per heavy atom. The summed E-state index contributed by atoms with van der Waals surface area (Å²) in [5, 5.41) is 0. The smallest absolute Gasteiger partial charge is 0.209 e. The van der Waals surface area contributed by atoms with Crippen molar-refractivity contribution in [1.82, 2.24) is 9.38 Å². The van der Waals surface area contributed by atoms with Crippen LogP contribution in [0.25, 0.3) is 5.65 Å². The highest BCUT2D eigenvalue weighted by Gasteiger charge is 2.16. The van der Waals surface area contributed by atoms with Crippen LogP contribution in [0.5, 0.6) is 0 Å². The maximum Gasteiger partial charge on any atom is 0.209 e. The van der Waals surface area contributed by atoms with Gasteiger partial charge < -0.3 is 0 Å². The molecule has 0 atom stereocenters. The quantitative estimate of drug-likeness (QED) is 0.618. The van der Waals surface area contributed by atoms with Crippen molar-refractivity contribution in [1.29, 1.82) is 0 Å². The van der Waals surface area contributed by atoms with Crippen LogP contribution >= 0.6 is 15.9 Å². The molecule has 2 aromatic heterocycles. The summed E-state index contributed by atoms with van der Waals surface area (Å²) in [4.78, 5) is 16.0. The van der Waals surface area contributed by atoms with Gasteiger partial charge in [0.2, 0.25) is 5.78 Å². The van der Waals surface area contributed by atoms with Gasteiger partial charge in [-0.2, -0.15) is 0 Å². The minimum Gasteiger partial charge on any atom is -0.294 e. The molecule has 2 heterocycles. The van der Waals surface area contributed by atoms with Crippen LogP contribution in [0.15, 0.2) is 41.2 Å². The zero-order chi connectivity index (χ0) is 11.0. The Morgan fingerprint density at radius 1 is 1.53 bits per heavy atom. The van der Waals surface area contributed by atoms with Gasteiger partial charge in [0.1, 0.15) is 15.9 Å². The van der Waals surface area contributed by atoms with E-state index >= 15 is 0 Å². The number of pyridine rings is 1. The highest BCUT2D eigenvalue weighted by molar-refractivity contribution is 9.10. The third-order valence-electron chi connectivity index (χ3n) is 2.07. The molecule has 0 bridgehead atoms. The first-order chi connectivity index (χ1) is 7.11. The molecular weight excluding hydrogens is 256 g/mol. The Bertz CT molecular complexity index is 557. The topological polar surface area (TPSA) is 34.4 Å². The number of nitrogens with zero attached hydrogens (tertiary/aromatic N) is 2. The highest BCUT2D eigenvalue weighted by atomic mass is 79.9. The third-order valence-corrected chi connectivity index (χ3v) is 2.83. The molecule has 0 N–H and O–H groups in total. The Hall–Kier alpha value is -1.42. The monoisotopic (exact) mass is 264 g/mol. The van der Waals surface area contributed by atoms with E-state index in [2.05, 4.69) is 27.5 Å². The summed E-state index contributed by atoms with van der Waals surface area (Å²) >= 11 is 3.36. The second kappa shape index (κ2) is 3.62. The second-order valence-corrected chi connectivity index (χ2v) is 4.04. The van der Waals surface area contributed by atoms with Crippen LogP contribution < -0.4 is 0 Å². The van der Waals surface area contributed by atoms with Gasteiger partial charge in [0.25, 0.3) is 0 Å². The number of carbonyl (C=O) groups is 1. The van der Waals surface area contributed by atoms with Gasteiger partial charge >= 0.3 is 0 Å². The number of hydrogen-bond donors (Lipinski definition) is 0. The summed E-state index contributed by atoms with van der Waals surface area (Å²) in [5.74, 6) is -0.134. The fourth-order valence-corrected chi connectivity index (χ4v) is 1.88. The van der Waals surface area contributed by atoms with Gasteiger partial charge in [-0.25, -0.2) is 4.98 Å². The molecule has 0 saturated carbocycles. The highest BCUT2D eigenvalue weighted by Crippen LogP contribution is 2.20. The maximum absolute atomic E-state index is 11.7. The summed E-state index contributed by atoms with van der Waals surface area (Å²) in [7, 11) is 0. The second-order valence-electron chi connectivity index (χ2n) is 3.29. The zero-order valence-electron chi connectivity index (χ0n) is 8.20. The molecule has 0 aromatic carbocycles. The molecule has 0 fully saturated rings. The summed E-state index contributed by atoms with van der Waals surface area (Å²) in [6, 6.07) is 5.61. The van der Waals surface area contributed by atoms with Crippen molar-refractivity contribution < 1.29 is 4.79 Å². The van der Waals surface area contributed by atoms with Crippen LogP contribution in [0.1, 0.15) is 17.4 Å². The van der Waals surface area contributed by atoms with Gasteiger partial charge in [0.15, 0.2) is 0 Å². The van der Waals surface area contributed by atoms with Gasteiger partial charge in [0, 0.05) is 6.20 Å². The molecule has 0 aliphatic carbocycles. The van der Waals surface area contributed by atoms with Crippen molar-refractivity contribution in [2.75, 3.05) is 0 Å². The first-order valence-electron chi connectivity index (χ1n) is 4.44. The third kappa shape index (κ3) is 1.61. The number of ketones is 1. The lowest BCUT2D eigenvalue weighted by Gasteiger charge is -1.95. The molecule has 0 radical (unpaired) electrons. The van der Waals surface area contributed by atoms with E-state index in [-0.39, 0.29) is 5.78 Å². The number of imidazole rings is 1. The number of hydrogen-bond acceptors (Lipinski definition) is 2. The van der Waals surface area contributed by atoms with E-state index in [4.69, 9.17) is 0 Å². The standard InChI is InChI=1S/C11H9BrN2O/c1-7(2)10(15)9-11(12)14-6-4-3-5-8(14)13-9/h3-6H,1H2,2H3. The Morgan fingerprint density at radius 2 is 2.27 bits per heavy atom. The van der Waals surface area contributed by atoms with Crippen molar-refractivity contribution >= 4 is 27.4 Å². The normalized spacial score (nSPS) is 10.5. The van der Waals surface area contributed by atoms with Gasteiger partial charge in [-0.3, -0.25) is 9.20 Å². The molecular formula is C11H9BrN2O. The van der Waals surface area contributed by atoms with E-state index < -0.39 is 0 Å².